The molecule has 0 aliphatic heterocycles. The lowest BCUT2D eigenvalue weighted by Gasteiger charge is -2.11. The SMILES string of the molecule is COc1cccc(Nc2cncc(C(=O)Nc3ccc(C)cc3C)c2)c1. The summed E-state index contributed by atoms with van der Waals surface area (Å²) < 4.78 is 5.22. The number of aryl methyl sites for hydroxylation is 2. The predicted molar refractivity (Wildman–Crippen MR) is 104 cm³/mol. The van der Waals surface area contributed by atoms with Crippen molar-refractivity contribution in [3.8, 4) is 5.75 Å². The van der Waals surface area contributed by atoms with E-state index in [1.807, 2.05) is 56.3 Å². The van der Waals surface area contributed by atoms with Gasteiger partial charge < -0.3 is 15.4 Å². The number of benzene rings is 2. The molecule has 2 N–H and O–H groups in total. The maximum atomic E-state index is 12.6. The van der Waals surface area contributed by atoms with Crippen molar-refractivity contribution in [2.75, 3.05) is 17.7 Å². The van der Waals surface area contributed by atoms with Crippen LogP contribution in [0, 0.1) is 13.8 Å². The number of carbonyl (C=O) groups is 1. The van der Waals surface area contributed by atoms with Crippen LogP contribution in [0.4, 0.5) is 17.1 Å². The van der Waals surface area contributed by atoms with E-state index in [4.69, 9.17) is 4.74 Å². The lowest BCUT2D eigenvalue weighted by atomic mass is 10.1. The summed E-state index contributed by atoms with van der Waals surface area (Å²) in [5.41, 5.74) is 5.05. The number of anilines is 3. The van der Waals surface area contributed by atoms with Gasteiger partial charge in [-0.25, -0.2) is 0 Å². The largest absolute Gasteiger partial charge is 0.497 e. The number of methoxy groups -OCH3 is 1. The molecule has 1 heterocycles. The van der Waals surface area contributed by atoms with Crippen LogP contribution in [0.15, 0.2) is 60.9 Å². The van der Waals surface area contributed by atoms with E-state index in [1.165, 1.54) is 0 Å². The van der Waals surface area contributed by atoms with Crippen LogP contribution in [0.3, 0.4) is 0 Å². The number of nitrogens with zero attached hydrogens (tertiary/aromatic N) is 1. The summed E-state index contributed by atoms with van der Waals surface area (Å²) in [5, 5.41) is 6.17. The fourth-order valence-electron chi connectivity index (χ4n) is 2.65. The fraction of sp³-hybridized carbons (Fsp3) is 0.143. The number of amides is 1. The zero-order chi connectivity index (χ0) is 18.5. The molecule has 0 spiro atoms. The molecule has 0 atom stereocenters. The Kier molecular flexibility index (Phi) is 5.17. The summed E-state index contributed by atoms with van der Waals surface area (Å²) in [6, 6.07) is 15.3. The average Bonchev–Trinajstić information content (AvgIpc) is 2.64. The van der Waals surface area contributed by atoms with Gasteiger partial charge in [-0.15, -0.1) is 0 Å². The van der Waals surface area contributed by atoms with Gasteiger partial charge in [0.15, 0.2) is 0 Å². The van der Waals surface area contributed by atoms with Crippen LogP contribution in [-0.2, 0) is 0 Å². The van der Waals surface area contributed by atoms with Crippen molar-refractivity contribution in [3.05, 3.63) is 77.6 Å². The zero-order valence-electron chi connectivity index (χ0n) is 15.0. The molecule has 3 aromatic rings. The van der Waals surface area contributed by atoms with E-state index in [-0.39, 0.29) is 5.91 Å². The first-order chi connectivity index (χ1) is 12.5. The summed E-state index contributed by atoms with van der Waals surface area (Å²) in [5.74, 6) is 0.561. The van der Waals surface area contributed by atoms with Gasteiger partial charge in [-0.3, -0.25) is 9.78 Å². The van der Waals surface area contributed by atoms with Crippen molar-refractivity contribution < 1.29 is 9.53 Å². The van der Waals surface area contributed by atoms with E-state index in [9.17, 15) is 4.79 Å². The maximum absolute atomic E-state index is 12.6. The summed E-state index contributed by atoms with van der Waals surface area (Å²) >= 11 is 0. The van der Waals surface area contributed by atoms with Crippen LogP contribution in [-0.4, -0.2) is 18.0 Å². The molecule has 1 aromatic heterocycles. The molecule has 132 valence electrons. The first kappa shape index (κ1) is 17.5. The van der Waals surface area contributed by atoms with Crippen LogP contribution in [0.2, 0.25) is 0 Å². The van der Waals surface area contributed by atoms with Gasteiger partial charge in [0.2, 0.25) is 0 Å². The molecule has 0 unspecified atom stereocenters. The monoisotopic (exact) mass is 347 g/mol. The summed E-state index contributed by atoms with van der Waals surface area (Å²) in [4.78, 5) is 16.7. The molecule has 0 saturated carbocycles. The minimum absolute atomic E-state index is 0.196. The first-order valence-electron chi connectivity index (χ1n) is 8.30. The van der Waals surface area contributed by atoms with Gasteiger partial charge in [0.05, 0.1) is 24.6 Å². The Hall–Kier alpha value is -3.34. The first-order valence-corrected chi connectivity index (χ1v) is 8.30. The van der Waals surface area contributed by atoms with Gasteiger partial charge >= 0.3 is 0 Å². The number of pyridine rings is 1. The van der Waals surface area contributed by atoms with E-state index in [0.717, 1.165) is 33.9 Å². The number of hydrogen-bond donors (Lipinski definition) is 2. The number of aromatic nitrogens is 1. The molecule has 5 nitrogen and oxygen atoms in total. The van der Waals surface area contributed by atoms with Crippen LogP contribution >= 0.6 is 0 Å². The summed E-state index contributed by atoms with van der Waals surface area (Å²) in [6.45, 7) is 4.00. The topological polar surface area (TPSA) is 63.2 Å². The Labute approximate surface area is 153 Å². The highest BCUT2D eigenvalue weighted by Gasteiger charge is 2.09. The highest BCUT2D eigenvalue weighted by atomic mass is 16.5. The number of ether oxygens (including phenoxy) is 1. The Morgan fingerprint density at radius 3 is 2.62 bits per heavy atom. The second kappa shape index (κ2) is 7.70. The van der Waals surface area contributed by atoms with E-state index in [2.05, 4.69) is 15.6 Å². The predicted octanol–water partition coefficient (Wildman–Crippen LogP) is 4.70. The molecule has 5 heteroatoms. The van der Waals surface area contributed by atoms with Gasteiger partial charge in [0, 0.05) is 23.6 Å². The normalized spacial score (nSPS) is 10.3. The number of nitrogens with one attached hydrogen (secondary N) is 2. The lowest BCUT2D eigenvalue weighted by molar-refractivity contribution is 0.102. The molecule has 0 aliphatic carbocycles. The van der Waals surface area contributed by atoms with Crippen molar-refractivity contribution in [2.24, 2.45) is 0 Å². The molecule has 1 amide bonds. The smallest absolute Gasteiger partial charge is 0.257 e. The third-order valence-electron chi connectivity index (χ3n) is 3.99. The van der Waals surface area contributed by atoms with Gasteiger partial charge in [0.1, 0.15) is 5.75 Å². The summed E-state index contributed by atoms with van der Waals surface area (Å²) in [6.07, 6.45) is 3.23. The van der Waals surface area contributed by atoms with Crippen molar-refractivity contribution >= 4 is 23.0 Å². The molecule has 26 heavy (non-hydrogen) atoms. The van der Waals surface area contributed by atoms with E-state index >= 15 is 0 Å². The number of hydrogen-bond acceptors (Lipinski definition) is 4. The fourth-order valence-corrected chi connectivity index (χ4v) is 2.65. The summed E-state index contributed by atoms with van der Waals surface area (Å²) in [7, 11) is 1.62. The van der Waals surface area contributed by atoms with Crippen LogP contribution in [0.1, 0.15) is 21.5 Å². The third-order valence-corrected chi connectivity index (χ3v) is 3.99. The lowest BCUT2D eigenvalue weighted by Crippen LogP contribution is -2.13. The Balaban J connectivity index is 1.76. The number of rotatable bonds is 5. The third kappa shape index (κ3) is 4.19. The average molecular weight is 347 g/mol. The van der Waals surface area contributed by atoms with Crippen molar-refractivity contribution in [2.45, 2.75) is 13.8 Å². The minimum atomic E-state index is -0.196. The molecular formula is C21H21N3O2. The molecule has 2 aromatic carbocycles. The second-order valence-corrected chi connectivity index (χ2v) is 6.09. The van der Waals surface area contributed by atoms with E-state index < -0.39 is 0 Å². The molecule has 0 bridgehead atoms. The van der Waals surface area contributed by atoms with Crippen LogP contribution < -0.4 is 15.4 Å². The second-order valence-electron chi connectivity index (χ2n) is 6.09. The van der Waals surface area contributed by atoms with Gasteiger partial charge in [-0.05, 0) is 43.7 Å². The van der Waals surface area contributed by atoms with Crippen molar-refractivity contribution in [3.63, 3.8) is 0 Å². The van der Waals surface area contributed by atoms with E-state index in [0.29, 0.717) is 5.56 Å². The molecule has 3 rings (SSSR count). The van der Waals surface area contributed by atoms with Crippen molar-refractivity contribution in [1.82, 2.24) is 4.98 Å². The standard InChI is InChI=1S/C21H21N3O2/c1-14-7-8-20(15(2)9-14)24-21(25)16-10-18(13-22-12-16)23-17-5-4-6-19(11-17)26-3/h4-13,23H,1-3H3,(H,24,25). The highest BCUT2D eigenvalue weighted by molar-refractivity contribution is 6.05. The Morgan fingerprint density at radius 1 is 1.00 bits per heavy atom. The Bertz CT molecular complexity index is 938. The Morgan fingerprint density at radius 2 is 1.85 bits per heavy atom. The molecule has 0 saturated heterocycles. The van der Waals surface area contributed by atoms with Crippen molar-refractivity contribution in [1.29, 1.82) is 0 Å². The van der Waals surface area contributed by atoms with Crippen LogP contribution in [0.5, 0.6) is 5.75 Å². The maximum Gasteiger partial charge on any atom is 0.257 e. The van der Waals surface area contributed by atoms with Crippen LogP contribution in [0.25, 0.3) is 0 Å². The van der Waals surface area contributed by atoms with Gasteiger partial charge in [-0.2, -0.15) is 0 Å². The highest BCUT2D eigenvalue weighted by Crippen LogP contribution is 2.22. The van der Waals surface area contributed by atoms with Gasteiger partial charge in [0.25, 0.3) is 5.91 Å². The quantitative estimate of drug-likeness (QED) is 0.702. The molecule has 0 radical (unpaired) electrons. The molecule has 0 aliphatic rings. The molecular weight excluding hydrogens is 326 g/mol. The van der Waals surface area contributed by atoms with E-state index in [1.54, 1.807) is 25.6 Å². The molecule has 0 fully saturated rings. The van der Waals surface area contributed by atoms with Gasteiger partial charge in [-0.1, -0.05) is 23.8 Å². The zero-order valence-corrected chi connectivity index (χ0v) is 15.0. The minimum Gasteiger partial charge on any atom is -0.497 e. The number of carbonyl (C=O) groups excluding carboxylic acids is 1.